The Labute approximate surface area is 112 Å². The second kappa shape index (κ2) is 6.66. The molecule has 0 unspecified atom stereocenters. The van der Waals surface area contributed by atoms with Gasteiger partial charge >= 0.3 is 5.97 Å². The summed E-state index contributed by atoms with van der Waals surface area (Å²) in [5, 5.41) is 0. The molecule has 0 bridgehead atoms. The van der Waals surface area contributed by atoms with Gasteiger partial charge in [0.1, 0.15) is 11.9 Å². The lowest BCUT2D eigenvalue weighted by molar-refractivity contribution is -0.148. The fourth-order valence-corrected chi connectivity index (χ4v) is 2.26. The van der Waals surface area contributed by atoms with Gasteiger partial charge in [-0.25, -0.2) is 4.39 Å². The van der Waals surface area contributed by atoms with Crippen molar-refractivity contribution in [3.8, 4) is 0 Å². The van der Waals surface area contributed by atoms with Crippen molar-refractivity contribution in [2.75, 3.05) is 6.61 Å². The van der Waals surface area contributed by atoms with Gasteiger partial charge in [-0.1, -0.05) is 12.1 Å². The van der Waals surface area contributed by atoms with Crippen LogP contribution in [-0.4, -0.2) is 24.8 Å². The highest BCUT2D eigenvalue weighted by Crippen LogP contribution is 2.16. The van der Waals surface area contributed by atoms with Crippen molar-refractivity contribution in [2.24, 2.45) is 0 Å². The van der Waals surface area contributed by atoms with E-state index in [1.54, 1.807) is 12.1 Å². The highest BCUT2D eigenvalue weighted by atomic mass is 19.1. The Hall–Kier alpha value is -1.42. The molecule has 104 valence electrons. The third kappa shape index (κ3) is 4.63. The van der Waals surface area contributed by atoms with Crippen LogP contribution in [0.1, 0.15) is 31.7 Å². The van der Waals surface area contributed by atoms with Gasteiger partial charge in [-0.3, -0.25) is 4.79 Å². The first-order chi connectivity index (χ1) is 9.13. The molecule has 19 heavy (non-hydrogen) atoms. The van der Waals surface area contributed by atoms with Crippen molar-refractivity contribution in [1.29, 1.82) is 0 Å². The first-order valence-corrected chi connectivity index (χ1v) is 6.69. The third-order valence-electron chi connectivity index (χ3n) is 3.18. The van der Waals surface area contributed by atoms with Gasteiger partial charge in [0.25, 0.3) is 0 Å². The Bertz CT molecular complexity index is 416. The van der Waals surface area contributed by atoms with Crippen LogP contribution in [0.4, 0.5) is 4.39 Å². The number of carbonyl (C=O) groups is 1. The van der Waals surface area contributed by atoms with Gasteiger partial charge < -0.3 is 9.47 Å². The van der Waals surface area contributed by atoms with Crippen LogP contribution in [0.5, 0.6) is 0 Å². The van der Waals surface area contributed by atoms with Crippen LogP contribution >= 0.6 is 0 Å². The minimum Gasteiger partial charge on any atom is -0.463 e. The Morgan fingerprint density at radius 3 is 2.79 bits per heavy atom. The smallest absolute Gasteiger partial charge is 0.306 e. The monoisotopic (exact) mass is 266 g/mol. The zero-order valence-electron chi connectivity index (χ0n) is 11.1. The molecular weight excluding hydrogens is 247 g/mol. The molecule has 1 aromatic carbocycles. The highest BCUT2D eigenvalue weighted by Gasteiger charge is 2.20. The standard InChI is InChI=1S/C15H19FO3/c1-11-9-14(18-8-2-3-15(17)19-11)10-12-4-6-13(16)7-5-12/h4-7,11,14H,2-3,8-10H2,1H3/t11-,14-/m0/s1. The largest absolute Gasteiger partial charge is 0.463 e. The number of hydrogen-bond donors (Lipinski definition) is 0. The number of hydrogen-bond acceptors (Lipinski definition) is 3. The molecule has 1 fully saturated rings. The summed E-state index contributed by atoms with van der Waals surface area (Å²) in [5.41, 5.74) is 1.03. The molecule has 1 saturated heterocycles. The topological polar surface area (TPSA) is 35.5 Å². The quantitative estimate of drug-likeness (QED) is 0.772. The van der Waals surface area contributed by atoms with E-state index in [2.05, 4.69) is 0 Å². The molecule has 4 heteroatoms. The number of halogens is 1. The summed E-state index contributed by atoms with van der Waals surface area (Å²) in [6.07, 6.45) is 2.34. The maximum Gasteiger partial charge on any atom is 0.306 e. The van der Waals surface area contributed by atoms with E-state index in [1.165, 1.54) is 12.1 Å². The van der Waals surface area contributed by atoms with E-state index in [1.807, 2.05) is 6.92 Å². The second-order valence-electron chi connectivity index (χ2n) is 4.96. The lowest BCUT2D eigenvalue weighted by Crippen LogP contribution is -2.23. The van der Waals surface area contributed by atoms with Gasteiger partial charge in [-0.2, -0.15) is 0 Å². The Kier molecular flexibility index (Phi) is 4.91. The maximum atomic E-state index is 12.9. The average molecular weight is 266 g/mol. The zero-order chi connectivity index (χ0) is 13.7. The number of esters is 1. The molecule has 0 amide bonds. The molecule has 2 atom stereocenters. The van der Waals surface area contributed by atoms with Crippen LogP contribution in [0.2, 0.25) is 0 Å². The molecule has 3 nitrogen and oxygen atoms in total. The van der Waals surface area contributed by atoms with E-state index in [9.17, 15) is 9.18 Å². The molecule has 2 rings (SSSR count). The van der Waals surface area contributed by atoms with Gasteiger partial charge in [-0.05, 0) is 37.5 Å². The van der Waals surface area contributed by atoms with Crippen molar-refractivity contribution in [3.05, 3.63) is 35.6 Å². The Morgan fingerprint density at radius 1 is 1.32 bits per heavy atom. The predicted molar refractivity (Wildman–Crippen MR) is 69.2 cm³/mol. The predicted octanol–water partition coefficient (Wildman–Crippen LogP) is 2.87. The number of carbonyl (C=O) groups excluding carboxylic acids is 1. The first kappa shape index (κ1) is 14.0. The minimum atomic E-state index is -0.235. The molecule has 1 heterocycles. The van der Waals surface area contributed by atoms with E-state index >= 15 is 0 Å². The summed E-state index contributed by atoms with van der Waals surface area (Å²) in [6.45, 7) is 2.44. The van der Waals surface area contributed by atoms with Crippen molar-refractivity contribution in [2.45, 2.75) is 44.8 Å². The normalized spacial score (nSPS) is 25.1. The fraction of sp³-hybridized carbons (Fsp3) is 0.533. The lowest BCUT2D eigenvalue weighted by atomic mass is 10.0. The molecule has 0 aliphatic carbocycles. The van der Waals surface area contributed by atoms with Crippen molar-refractivity contribution >= 4 is 5.97 Å². The van der Waals surface area contributed by atoms with Crippen LogP contribution in [0, 0.1) is 5.82 Å². The van der Waals surface area contributed by atoms with E-state index in [-0.39, 0.29) is 24.0 Å². The third-order valence-corrected chi connectivity index (χ3v) is 3.18. The summed E-state index contributed by atoms with van der Waals surface area (Å²) >= 11 is 0. The SMILES string of the molecule is C[C@H]1C[C@@H](Cc2ccc(F)cc2)OCCCC(=O)O1. The molecule has 0 saturated carbocycles. The molecule has 1 aliphatic rings. The second-order valence-corrected chi connectivity index (χ2v) is 4.96. The van der Waals surface area contributed by atoms with Gasteiger partial charge in [-0.15, -0.1) is 0 Å². The molecule has 1 aromatic rings. The summed E-state index contributed by atoms with van der Waals surface area (Å²) in [5.74, 6) is -0.389. The van der Waals surface area contributed by atoms with Gasteiger partial charge in [0, 0.05) is 19.4 Å². The Balaban J connectivity index is 1.97. The first-order valence-electron chi connectivity index (χ1n) is 6.69. The fourth-order valence-electron chi connectivity index (χ4n) is 2.26. The molecule has 0 N–H and O–H groups in total. The summed E-state index contributed by atoms with van der Waals surface area (Å²) in [6, 6.07) is 6.44. The van der Waals surface area contributed by atoms with E-state index in [0.29, 0.717) is 32.3 Å². The van der Waals surface area contributed by atoms with Crippen LogP contribution in [-0.2, 0) is 20.7 Å². The van der Waals surface area contributed by atoms with E-state index in [4.69, 9.17) is 9.47 Å². The minimum absolute atomic E-state index is 0.00589. The van der Waals surface area contributed by atoms with Crippen molar-refractivity contribution in [1.82, 2.24) is 0 Å². The van der Waals surface area contributed by atoms with E-state index < -0.39 is 0 Å². The number of benzene rings is 1. The highest BCUT2D eigenvalue weighted by molar-refractivity contribution is 5.69. The molecule has 1 aliphatic heterocycles. The van der Waals surface area contributed by atoms with Gasteiger partial charge in [0.2, 0.25) is 0 Å². The molecular formula is C15H19FO3. The maximum absolute atomic E-state index is 12.9. The molecule has 0 spiro atoms. The van der Waals surface area contributed by atoms with Crippen LogP contribution < -0.4 is 0 Å². The number of ether oxygens (including phenoxy) is 2. The van der Waals surface area contributed by atoms with Crippen molar-refractivity contribution in [3.63, 3.8) is 0 Å². The molecule has 0 radical (unpaired) electrons. The number of cyclic esters (lactones) is 1. The summed E-state index contributed by atoms with van der Waals surface area (Å²) < 4.78 is 23.9. The summed E-state index contributed by atoms with van der Waals surface area (Å²) in [7, 11) is 0. The zero-order valence-corrected chi connectivity index (χ0v) is 11.1. The van der Waals surface area contributed by atoms with Gasteiger partial charge in [0.15, 0.2) is 0 Å². The lowest BCUT2D eigenvalue weighted by Gasteiger charge is -2.20. The van der Waals surface area contributed by atoms with Gasteiger partial charge in [0.05, 0.1) is 6.10 Å². The number of rotatable bonds is 2. The van der Waals surface area contributed by atoms with Crippen LogP contribution in [0.15, 0.2) is 24.3 Å². The summed E-state index contributed by atoms with van der Waals surface area (Å²) in [4.78, 5) is 11.4. The Morgan fingerprint density at radius 2 is 2.05 bits per heavy atom. The van der Waals surface area contributed by atoms with Crippen LogP contribution in [0.3, 0.4) is 0 Å². The average Bonchev–Trinajstić information content (AvgIpc) is 2.43. The van der Waals surface area contributed by atoms with Crippen LogP contribution in [0.25, 0.3) is 0 Å². The molecule has 0 aromatic heterocycles. The van der Waals surface area contributed by atoms with Crippen molar-refractivity contribution < 1.29 is 18.7 Å². The van der Waals surface area contributed by atoms with E-state index in [0.717, 1.165) is 5.56 Å².